The van der Waals surface area contributed by atoms with Gasteiger partial charge in [-0.2, -0.15) is 0 Å². The summed E-state index contributed by atoms with van der Waals surface area (Å²) in [6, 6.07) is 6.05. The van der Waals surface area contributed by atoms with Crippen molar-refractivity contribution in [2.75, 3.05) is 13.2 Å². The molecule has 20 heavy (non-hydrogen) atoms. The number of esters is 1. The third-order valence-electron chi connectivity index (χ3n) is 2.55. The Morgan fingerprint density at radius 3 is 2.95 bits per heavy atom. The highest BCUT2D eigenvalue weighted by atomic mass is 16.5. The summed E-state index contributed by atoms with van der Waals surface area (Å²) < 4.78 is 15.6. The summed E-state index contributed by atoms with van der Waals surface area (Å²) in [5.41, 5.74) is -0.0731. The van der Waals surface area contributed by atoms with E-state index in [0.29, 0.717) is 11.1 Å². The Morgan fingerprint density at radius 2 is 2.25 bits per heavy atom. The molecular weight excluding hydrogens is 260 g/mol. The smallest absolute Gasteiger partial charge is 0.374 e. The van der Waals surface area contributed by atoms with Crippen LogP contribution in [0.25, 0.3) is 11.0 Å². The van der Waals surface area contributed by atoms with Crippen LogP contribution in [0.2, 0.25) is 0 Å². The molecule has 2 aromatic rings. The highest BCUT2D eigenvalue weighted by Crippen LogP contribution is 2.23. The molecule has 1 heterocycles. The summed E-state index contributed by atoms with van der Waals surface area (Å²) in [6.45, 7) is 5.71. The molecule has 2 rings (SSSR count). The standard InChI is InChI=1S/C15H14O5/c1-3-8-19-11-6-5-7-12-14(11)10(16)9-13(20-12)15(17)18-4-2/h3,5-7,9H,1,4,8H2,2H3. The first kappa shape index (κ1) is 13.9. The van der Waals surface area contributed by atoms with Crippen molar-refractivity contribution >= 4 is 16.9 Å². The van der Waals surface area contributed by atoms with Crippen molar-refractivity contribution in [1.82, 2.24) is 0 Å². The van der Waals surface area contributed by atoms with Gasteiger partial charge in [-0.25, -0.2) is 4.79 Å². The molecule has 0 aliphatic carbocycles. The van der Waals surface area contributed by atoms with E-state index in [9.17, 15) is 9.59 Å². The Bertz CT molecular complexity index is 699. The fraction of sp³-hybridized carbons (Fsp3) is 0.200. The molecule has 0 radical (unpaired) electrons. The quantitative estimate of drug-likeness (QED) is 0.619. The average Bonchev–Trinajstić information content (AvgIpc) is 2.44. The van der Waals surface area contributed by atoms with Gasteiger partial charge in [-0.15, -0.1) is 0 Å². The van der Waals surface area contributed by atoms with Gasteiger partial charge >= 0.3 is 5.97 Å². The summed E-state index contributed by atoms with van der Waals surface area (Å²) in [6.07, 6.45) is 1.58. The molecule has 0 saturated heterocycles. The van der Waals surface area contributed by atoms with Crippen molar-refractivity contribution in [3.05, 3.63) is 52.9 Å². The number of hydrogen-bond acceptors (Lipinski definition) is 5. The second-order valence-electron chi connectivity index (χ2n) is 3.92. The lowest BCUT2D eigenvalue weighted by Crippen LogP contribution is -2.11. The van der Waals surface area contributed by atoms with Gasteiger partial charge in [-0.3, -0.25) is 4.79 Å². The number of rotatable bonds is 5. The van der Waals surface area contributed by atoms with Gasteiger partial charge in [-0.05, 0) is 19.1 Å². The highest BCUT2D eigenvalue weighted by molar-refractivity contribution is 5.90. The molecule has 0 spiro atoms. The molecule has 104 valence electrons. The van der Waals surface area contributed by atoms with E-state index >= 15 is 0 Å². The van der Waals surface area contributed by atoms with Gasteiger partial charge in [0.05, 0.1) is 6.61 Å². The topological polar surface area (TPSA) is 65.7 Å². The van der Waals surface area contributed by atoms with E-state index in [1.165, 1.54) is 0 Å². The Kier molecular flexibility index (Phi) is 4.20. The first-order valence-electron chi connectivity index (χ1n) is 6.15. The Morgan fingerprint density at radius 1 is 1.45 bits per heavy atom. The lowest BCUT2D eigenvalue weighted by Gasteiger charge is -2.07. The van der Waals surface area contributed by atoms with Gasteiger partial charge in [-0.1, -0.05) is 18.7 Å². The van der Waals surface area contributed by atoms with Crippen molar-refractivity contribution in [2.45, 2.75) is 6.92 Å². The molecule has 5 nitrogen and oxygen atoms in total. The van der Waals surface area contributed by atoms with Crippen molar-refractivity contribution in [2.24, 2.45) is 0 Å². The van der Waals surface area contributed by atoms with Crippen LogP contribution in [-0.2, 0) is 4.74 Å². The van der Waals surface area contributed by atoms with E-state index in [4.69, 9.17) is 13.9 Å². The number of fused-ring (bicyclic) bond motifs is 1. The van der Waals surface area contributed by atoms with Crippen LogP contribution in [-0.4, -0.2) is 19.2 Å². The minimum atomic E-state index is -0.663. The van der Waals surface area contributed by atoms with Crippen LogP contribution in [0.4, 0.5) is 0 Å². The number of benzene rings is 1. The minimum absolute atomic E-state index is 0.120. The van der Waals surface area contributed by atoms with Gasteiger partial charge in [0.15, 0.2) is 5.43 Å². The molecule has 0 aliphatic rings. The first-order chi connectivity index (χ1) is 9.67. The van der Waals surface area contributed by atoms with Crippen molar-refractivity contribution in [1.29, 1.82) is 0 Å². The first-order valence-corrected chi connectivity index (χ1v) is 6.15. The maximum atomic E-state index is 12.1. The lowest BCUT2D eigenvalue weighted by molar-refractivity contribution is 0.0490. The van der Waals surface area contributed by atoms with Crippen LogP contribution in [0.15, 0.2) is 46.1 Å². The molecule has 0 amide bonds. The Labute approximate surface area is 115 Å². The van der Waals surface area contributed by atoms with Gasteiger partial charge in [0.2, 0.25) is 5.76 Å². The molecule has 1 aromatic carbocycles. The third-order valence-corrected chi connectivity index (χ3v) is 2.55. The maximum absolute atomic E-state index is 12.1. The summed E-state index contributed by atoms with van der Waals surface area (Å²) >= 11 is 0. The maximum Gasteiger partial charge on any atom is 0.374 e. The molecular formula is C15H14O5. The molecule has 0 fully saturated rings. The van der Waals surface area contributed by atoms with Crippen LogP contribution in [0.3, 0.4) is 0 Å². The van der Waals surface area contributed by atoms with E-state index in [0.717, 1.165) is 6.07 Å². The zero-order valence-electron chi connectivity index (χ0n) is 11.0. The van der Waals surface area contributed by atoms with E-state index in [-0.39, 0.29) is 30.0 Å². The number of carbonyl (C=O) groups excluding carboxylic acids is 1. The van der Waals surface area contributed by atoms with E-state index in [2.05, 4.69) is 6.58 Å². The lowest BCUT2D eigenvalue weighted by atomic mass is 10.2. The Balaban J connectivity index is 2.54. The highest BCUT2D eigenvalue weighted by Gasteiger charge is 2.15. The van der Waals surface area contributed by atoms with E-state index < -0.39 is 5.97 Å². The van der Waals surface area contributed by atoms with Crippen molar-refractivity contribution < 1.29 is 18.7 Å². The third kappa shape index (κ3) is 2.71. The molecule has 0 unspecified atom stereocenters. The molecule has 0 atom stereocenters. The minimum Gasteiger partial charge on any atom is -0.489 e. The zero-order valence-corrected chi connectivity index (χ0v) is 11.0. The van der Waals surface area contributed by atoms with Crippen LogP contribution in [0.1, 0.15) is 17.5 Å². The Hall–Kier alpha value is -2.56. The van der Waals surface area contributed by atoms with Crippen molar-refractivity contribution in [3.63, 3.8) is 0 Å². The number of carbonyl (C=O) groups is 1. The second-order valence-corrected chi connectivity index (χ2v) is 3.92. The predicted molar refractivity (Wildman–Crippen MR) is 74.1 cm³/mol. The monoisotopic (exact) mass is 274 g/mol. The van der Waals surface area contributed by atoms with Gasteiger partial charge in [0.1, 0.15) is 23.3 Å². The fourth-order valence-corrected chi connectivity index (χ4v) is 1.75. The van der Waals surface area contributed by atoms with E-state index in [1.807, 2.05) is 0 Å². The normalized spacial score (nSPS) is 10.2. The molecule has 0 saturated carbocycles. The molecule has 1 aromatic heterocycles. The van der Waals surface area contributed by atoms with Crippen LogP contribution in [0, 0.1) is 0 Å². The largest absolute Gasteiger partial charge is 0.489 e. The average molecular weight is 274 g/mol. The van der Waals surface area contributed by atoms with Gasteiger partial charge in [0, 0.05) is 6.07 Å². The van der Waals surface area contributed by atoms with Gasteiger partial charge < -0.3 is 13.9 Å². The van der Waals surface area contributed by atoms with Gasteiger partial charge in [0.25, 0.3) is 0 Å². The number of ether oxygens (including phenoxy) is 2. The molecule has 0 N–H and O–H groups in total. The van der Waals surface area contributed by atoms with Crippen LogP contribution >= 0.6 is 0 Å². The van der Waals surface area contributed by atoms with Crippen molar-refractivity contribution in [3.8, 4) is 5.75 Å². The molecule has 0 aliphatic heterocycles. The summed E-state index contributed by atoms with van der Waals surface area (Å²) in [5, 5.41) is 0.294. The molecule has 5 heteroatoms. The number of hydrogen-bond donors (Lipinski definition) is 0. The van der Waals surface area contributed by atoms with Crippen LogP contribution < -0.4 is 10.2 Å². The predicted octanol–water partition coefficient (Wildman–Crippen LogP) is 2.53. The fourth-order valence-electron chi connectivity index (χ4n) is 1.75. The van der Waals surface area contributed by atoms with Crippen LogP contribution in [0.5, 0.6) is 5.75 Å². The SMILES string of the molecule is C=CCOc1cccc2oc(C(=O)OCC)cc(=O)c12. The van der Waals surface area contributed by atoms with E-state index in [1.54, 1.807) is 31.2 Å². The molecule has 0 bridgehead atoms. The second kappa shape index (κ2) is 6.06. The summed E-state index contributed by atoms with van der Waals surface area (Å²) in [5.74, 6) is -0.388. The summed E-state index contributed by atoms with van der Waals surface area (Å²) in [4.78, 5) is 23.7. The zero-order chi connectivity index (χ0) is 14.5. The summed E-state index contributed by atoms with van der Waals surface area (Å²) in [7, 11) is 0.